The first-order valence-corrected chi connectivity index (χ1v) is 10.8. The summed E-state index contributed by atoms with van der Waals surface area (Å²) in [7, 11) is 1.67. The van der Waals surface area contributed by atoms with Crippen molar-refractivity contribution in [1.82, 2.24) is 20.1 Å². The molecule has 0 spiro atoms. The molecule has 0 saturated carbocycles. The third kappa shape index (κ3) is 5.84. The Kier molecular flexibility index (Phi) is 7.01. The predicted molar refractivity (Wildman–Crippen MR) is 121 cm³/mol. The van der Waals surface area contributed by atoms with Crippen molar-refractivity contribution in [3.63, 3.8) is 0 Å². The summed E-state index contributed by atoms with van der Waals surface area (Å²) in [6, 6.07) is 6.97. The number of hydrogen-bond donors (Lipinski definition) is 3. The Morgan fingerprint density at radius 3 is 2.76 bits per heavy atom. The van der Waals surface area contributed by atoms with E-state index < -0.39 is 17.6 Å². The molecule has 1 unspecified atom stereocenters. The molecule has 8 nitrogen and oxygen atoms in total. The molecule has 0 aliphatic carbocycles. The van der Waals surface area contributed by atoms with Gasteiger partial charge in [-0.2, -0.15) is 18.3 Å². The molecule has 11 heteroatoms. The maximum Gasteiger partial charge on any atom is 0.416 e. The molecule has 4 rings (SSSR count). The molecule has 1 aliphatic rings. The first kappa shape index (κ1) is 23.6. The number of carbonyl (C=O) groups excluding carboxylic acids is 1. The molecule has 3 N–H and O–H groups in total. The monoisotopic (exact) mass is 474 g/mol. The van der Waals surface area contributed by atoms with Gasteiger partial charge < -0.3 is 20.7 Å². The van der Waals surface area contributed by atoms with Gasteiger partial charge >= 0.3 is 6.18 Å². The third-order valence-corrected chi connectivity index (χ3v) is 5.50. The third-order valence-electron chi connectivity index (χ3n) is 5.50. The standard InChI is InChI=1S/C23H25F3N6O2/c1-32-21(29-12-15-4-7-27-8-5-15)20(13-30-32)22(33)31-18-9-16(23(24,25)26)10-19(11-18)34-14-17-3-2-6-28-17/h4-5,7-11,13,17,28-29H,2-3,6,12,14H2,1H3,(H,31,33). The second kappa shape index (κ2) is 10.1. The van der Waals surface area contributed by atoms with Gasteiger partial charge in [0.25, 0.3) is 5.91 Å². The van der Waals surface area contributed by atoms with Crippen LogP contribution in [0.2, 0.25) is 0 Å². The minimum Gasteiger partial charge on any atom is -0.492 e. The number of ether oxygens (including phenoxy) is 1. The Bertz CT molecular complexity index is 1130. The topological polar surface area (TPSA) is 93.1 Å². The highest BCUT2D eigenvalue weighted by atomic mass is 19.4. The number of benzene rings is 1. The first-order valence-electron chi connectivity index (χ1n) is 10.8. The molecular weight excluding hydrogens is 449 g/mol. The second-order valence-electron chi connectivity index (χ2n) is 8.04. The minimum atomic E-state index is -4.59. The lowest BCUT2D eigenvalue weighted by molar-refractivity contribution is -0.137. The van der Waals surface area contributed by atoms with Crippen molar-refractivity contribution in [2.24, 2.45) is 7.05 Å². The molecule has 180 valence electrons. The van der Waals surface area contributed by atoms with Gasteiger partial charge in [0, 0.05) is 43.8 Å². The summed E-state index contributed by atoms with van der Waals surface area (Å²) in [5, 5.41) is 13.0. The number of pyridine rings is 1. The molecule has 3 aromatic rings. The number of nitrogens with zero attached hydrogens (tertiary/aromatic N) is 3. The fourth-order valence-electron chi connectivity index (χ4n) is 3.71. The van der Waals surface area contributed by atoms with E-state index in [2.05, 4.69) is 26.0 Å². The van der Waals surface area contributed by atoms with Gasteiger partial charge in [-0.1, -0.05) is 0 Å². The average Bonchev–Trinajstić information content (AvgIpc) is 3.46. The summed E-state index contributed by atoms with van der Waals surface area (Å²) in [6.45, 7) is 1.53. The molecule has 1 atom stereocenters. The van der Waals surface area contributed by atoms with Gasteiger partial charge in [-0.15, -0.1) is 0 Å². The number of alkyl halides is 3. The van der Waals surface area contributed by atoms with Gasteiger partial charge in [-0.05, 0) is 49.2 Å². The Hall–Kier alpha value is -3.60. The van der Waals surface area contributed by atoms with Crippen LogP contribution in [0.25, 0.3) is 0 Å². The maximum atomic E-state index is 13.5. The molecule has 3 heterocycles. The number of amides is 1. The van der Waals surface area contributed by atoms with E-state index in [1.165, 1.54) is 16.9 Å². The normalized spacial score (nSPS) is 15.8. The molecule has 1 saturated heterocycles. The highest BCUT2D eigenvalue weighted by Gasteiger charge is 2.32. The lowest BCUT2D eigenvalue weighted by atomic mass is 10.1. The maximum absolute atomic E-state index is 13.5. The summed E-state index contributed by atoms with van der Waals surface area (Å²) >= 11 is 0. The molecular formula is C23H25F3N6O2. The molecule has 1 fully saturated rings. The van der Waals surface area contributed by atoms with Crippen LogP contribution in [0.1, 0.15) is 34.3 Å². The van der Waals surface area contributed by atoms with Crippen LogP contribution in [-0.4, -0.2) is 39.9 Å². The molecule has 0 radical (unpaired) electrons. The molecule has 1 amide bonds. The summed E-state index contributed by atoms with van der Waals surface area (Å²) < 4.78 is 47.5. The molecule has 1 aromatic carbocycles. The van der Waals surface area contributed by atoms with Crippen molar-refractivity contribution in [2.75, 3.05) is 23.8 Å². The Morgan fingerprint density at radius 2 is 2.06 bits per heavy atom. The zero-order chi connectivity index (χ0) is 24.1. The molecule has 0 bridgehead atoms. The van der Waals surface area contributed by atoms with Crippen molar-refractivity contribution in [3.8, 4) is 5.75 Å². The summed E-state index contributed by atoms with van der Waals surface area (Å²) in [5.41, 5.74) is 0.227. The Morgan fingerprint density at radius 1 is 1.26 bits per heavy atom. The van der Waals surface area contributed by atoms with E-state index in [-0.39, 0.29) is 29.6 Å². The number of halogens is 3. The number of rotatable bonds is 8. The van der Waals surface area contributed by atoms with Crippen LogP contribution in [0.5, 0.6) is 5.75 Å². The number of nitrogens with one attached hydrogen (secondary N) is 3. The predicted octanol–water partition coefficient (Wildman–Crippen LogP) is 3.83. The van der Waals surface area contributed by atoms with Crippen molar-refractivity contribution in [3.05, 3.63) is 65.6 Å². The smallest absolute Gasteiger partial charge is 0.416 e. The van der Waals surface area contributed by atoms with Crippen LogP contribution < -0.4 is 20.7 Å². The largest absolute Gasteiger partial charge is 0.492 e. The number of carbonyl (C=O) groups is 1. The van der Waals surface area contributed by atoms with E-state index in [1.807, 2.05) is 12.1 Å². The number of aryl methyl sites for hydroxylation is 1. The van der Waals surface area contributed by atoms with E-state index in [9.17, 15) is 18.0 Å². The zero-order valence-corrected chi connectivity index (χ0v) is 18.5. The molecule has 1 aliphatic heterocycles. The van der Waals surface area contributed by atoms with Crippen LogP contribution >= 0.6 is 0 Å². The average molecular weight is 474 g/mol. The van der Waals surface area contributed by atoms with E-state index in [4.69, 9.17) is 4.74 Å². The second-order valence-corrected chi connectivity index (χ2v) is 8.04. The van der Waals surface area contributed by atoms with E-state index >= 15 is 0 Å². The summed E-state index contributed by atoms with van der Waals surface area (Å²) in [5.74, 6) is -0.112. The van der Waals surface area contributed by atoms with Gasteiger partial charge in [-0.3, -0.25) is 14.5 Å². The highest BCUT2D eigenvalue weighted by molar-refractivity contribution is 6.07. The van der Waals surface area contributed by atoms with Crippen LogP contribution in [0.4, 0.5) is 24.7 Å². The van der Waals surface area contributed by atoms with Crippen molar-refractivity contribution in [1.29, 1.82) is 0 Å². The van der Waals surface area contributed by atoms with Crippen LogP contribution in [0.15, 0.2) is 48.9 Å². The SMILES string of the molecule is Cn1ncc(C(=O)Nc2cc(OCC3CCCN3)cc(C(F)(F)F)c2)c1NCc1ccncc1. The van der Waals surface area contributed by atoms with E-state index in [0.717, 1.165) is 37.1 Å². The van der Waals surface area contributed by atoms with Gasteiger partial charge in [-0.25, -0.2) is 0 Å². The molecule has 2 aromatic heterocycles. The van der Waals surface area contributed by atoms with Gasteiger partial charge in [0.05, 0.1) is 11.8 Å². The number of aromatic nitrogens is 3. The lowest BCUT2D eigenvalue weighted by Gasteiger charge is -2.16. The molecule has 34 heavy (non-hydrogen) atoms. The first-order chi connectivity index (χ1) is 16.3. The van der Waals surface area contributed by atoms with E-state index in [0.29, 0.717) is 12.4 Å². The van der Waals surface area contributed by atoms with Crippen molar-refractivity contribution in [2.45, 2.75) is 31.6 Å². The highest BCUT2D eigenvalue weighted by Crippen LogP contribution is 2.34. The Labute approximate surface area is 194 Å². The quantitative estimate of drug-likeness (QED) is 0.460. The fraction of sp³-hybridized carbons (Fsp3) is 0.348. The van der Waals surface area contributed by atoms with Gasteiger partial charge in [0.15, 0.2) is 0 Å². The van der Waals surface area contributed by atoms with Crippen molar-refractivity contribution < 1.29 is 22.7 Å². The number of anilines is 2. The van der Waals surface area contributed by atoms with Crippen LogP contribution in [0, 0.1) is 0 Å². The summed E-state index contributed by atoms with van der Waals surface area (Å²) in [6.07, 6.45) is 1.99. The summed E-state index contributed by atoms with van der Waals surface area (Å²) in [4.78, 5) is 16.9. The Balaban J connectivity index is 1.51. The fourth-order valence-corrected chi connectivity index (χ4v) is 3.71. The lowest BCUT2D eigenvalue weighted by Crippen LogP contribution is -2.28. The van der Waals surface area contributed by atoms with Crippen LogP contribution in [0.3, 0.4) is 0 Å². The van der Waals surface area contributed by atoms with Crippen LogP contribution in [-0.2, 0) is 19.8 Å². The van der Waals surface area contributed by atoms with E-state index in [1.54, 1.807) is 19.4 Å². The van der Waals surface area contributed by atoms with Gasteiger partial charge in [0.2, 0.25) is 0 Å². The number of hydrogen-bond acceptors (Lipinski definition) is 6. The zero-order valence-electron chi connectivity index (χ0n) is 18.5. The van der Waals surface area contributed by atoms with Gasteiger partial charge in [0.1, 0.15) is 23.7 Å². The minimum absolute atomic E-state index is 0.0156. The van der Waals surface area contributed by atoms with Crippen molar-refractivity contribution >= 4 is 17.4 Å².